The molecule has 0 saturated heterocycles. The van der Waals surface area contributed by atoms with Gasteiger partial charge in [0.05, 0.1) is 6.61 Å². The van der Waals surface area contributed by atoms with Crippen LogP contribution in [0, 0.1) is 0 Å². The summed E-state index contributed by atoms with van der Waals surface area (Å²) in [6.45, 7) is 8.37. The van der Waals surface area contributed by atoms with Crippen molar-refractivity contribution in [3.8, 4) is 16.9 Å². The Kier molecular flexibility index (Phi) is 4.80. The third kappa shape index (κ3) is 3.48. The molecule has 2 aliphatic rings. The zero-order valence-corrected chi connectivity index (χ0v) is 12.0. The zero-order chi connectivity index (χ0) is 13.7. The molecule has 0 amide bonds. The van der Waals surface area contributed by atoms with Crippen molar-refractivity contribution in [2.75, 3.05) is 19.8 Å². The molecule has 0 aliphatic heterocycles. The van der Waals surface area contributed by atoms with Gasteiger partial charge in [-0.3, -0.25) is 0 Å². The molecule has 0 aromatic heterocycles. The first-order chi connectivity index (χ1) is 9.22. The lowest BCUT2D eigenvalue weighted by molar-refractivity contribution is 0.110. The third-order valence-corrected chi connectivity index (χ3v) is 3.22. The van der Waals surface area contributed by atoms with Gasteiger partial charge in [-0.15, -0.1) is 0 Å². The minimum Gasteiger partial charge on any atom is -0.491 e. The van der Waals surface area contributed by atoms with Gasteiger partial charge in [0.15, 0.2) is 0 Å². The fraction of sp³-hybridized carbons (Fsp3) is 0.412. The molecule has 0 N–H and O–H groups in total. The minimum absolute atomic E-state index is 0.516. The van der Waals surface area contributed by atoms with Gasteiger partial charge in [0.25, 0.3) is 0 Å². The Morgan fingerprint density at radius 2 is 1.89 bits per heavy atom. The zero-order valence-electron chi connectivity index (χ0n) is 12.0. The highest BCUT2D eigenvalue weighted by molar-refractivity contribution is 5.73. The van der Waals surface area contributed by atoms with E-state index in [4.69, 9.17) is 9.47 Å². The van der Waals surface area contributed by atoms with Crippen LogP contribution in [0.3, 0.4) is 0 Å². The second-order valence-corrected chi connectivity index (χ2v) is 4.94. The Bertz CT molecular complexity index is 491. The molecule has 0 atom stereocenters. The molecule has 0 saturated carbocycles. The first-order valence-electron chi connectivity index (χ1n) is 6.95. The third-order valence-electron chi connectivity index (χ3n) is 3.22. The average Bonchev–Trinajstić information content (AvgIpc) is 2.77. The smallest absolute Gasteiger partial charge is 0.127 e. The van der Waals surface area contributed by atoms with E-state index in [0.717, 1.165) is 12.4 Å². The Morgan fingerprint density at radius 3 is 2.63 bits per heavy atom. The van der Waals surface area contributed by atoms with Gasteiger partial charge in [-0.2, -0.15) is 0 Å². The van der Waals surface area contributed by atoms with Crippen LogP contribution in [-0.4, -0.2) is 19.8 Å². The lowest BCUT2D eigenvalue weighted by atomic mass is 10.0. The van der Waals surface area contributed by atoms with Gasteiger partial charge < -0.3 is 9.47 Å². The van der Waals surface area contributed by atoms with Crippen molar-refractivity contribution in [1.82, 2.24) is 0 Å². The summed E-state index contributed by atoms with van der Waals surface area (Å²) in [6.07, 6.45) is 0. The molecule has 0 bridgehead atoms. The van der Waals surface area contributed by atoms with Crippen molar-refractivity contribution in [1.29, 1.82) is 0 Å². The van der Waals surface area contributed by atoms with E-state index in [2.05, 4.69) is 50.2 Å². The minimum atomic E-state index is 0.516. The summed E-state index contributed by atoms with van der Waals surface area (Å²) in [5.41, 5.74) is 3.74. The second-order valence-electron chi connectivity index (χ2n) is 4.94. The van der Waals surface area contributed by atoms with E-state index in [1.165, 1.54) is 16.7 Å². The molecule has 0 spiro atoms. The molecule has 0 aromatic carbocycles. The van der Waals surface area contributed by atoms with Crippen molar-refractivity contribution in [2.45, 2.75) is 26.7 Å². The maximum Gasteiger partial charge on any atom is 0.127 e. The number of hydrogen-bond acceptors (Lipinski definition) is 2. The van der Waals surface area contributed by atoms with Gasteiger partial charge in [-0.25, -0.2) is 0 Å². The van der Waals surface area contributed by atoms with Gasteiger partial charge in [0, 0.05) is 12.2 Å². The molecular weight excluding hydrogens is 236 g/mol. The maximum absolute atomic E-state index is 5.85. The summed E-state index contributed by atoms with van der Waals surface area (Å²) in [4.78, 5) is 0. The van der Waals surface area contributed by atoms with Gasteiger partial charge in [-0.05, 0) is 30.0 Å². The van der Waals surface area contributed by atoms with Crippen LogP contribution in [0.15, 0.2) is 36.4 Å². The highest BCUT2D eigenvalue weighted by atomic mass is 16.5. The SMILES string of the molecule is CCOCCOc1ccc(C(C)C)cc2cccc1-2. The Hall–Kier alpha value is -1.54. The van der Waals surface area contributed by atoms with Gasteiger partial charge in [0.2, 0.25) is 0 Å². The number of hydrogen-bond donors (Lipinski definition) is 0. The van der Waals surface area contributed by atoms with Crippen molar-refractivity contribution in [3.63, 3.8) is 0 Å². The van der Waals surface area contributed by atoms with E-state index in [0.29, 0.717) is 19.1 Å². The van der Waals surface area contributed by atoms with Crippen LogP contribution >= 0.6 is 0 Å². The fourth-order valence-electron chi connectivity index (χ4n) is 2.11. The van der Waals surface area contributed by atoms with Crippen LogP contribution in [0.5, 0.6) is 5.75 Å². The maximum atomic E-state index is 5.85. The first kappa shape index (κ1) is 13.9. The predicted molar refractivity (Wildman–Crippen MR) is 79.1 cm³/mol. The monoisotopic (exact) mass is 258 g/mol. The summed E-state index contributed by atoms with van der Waals surface area (Å²) in [7, 11) is 0. The van der Waals surface area contributed by atoms with E-state index in [9.17, 15) is 0 Å². The topological polar surface area (TPSA) is 18.5 Å². The fourth-order valence-corrected chi connectivity index (χ4v) is 2.11. The van der Waals surface area contributed by atoms with Crippen LogP contribution in [0.2, 0.25) is 0 Å². The van der Waals surface area contributed by atoms with Crippen molar-refractivity contribution >= 4 is 0 Å². The summed E-state index contributed by atoms with van der Waals surface area (Å²) in [5.74, 6) is 1.45. The van der Waals surface area contributed by atoms with Crippen LogP contribution in [0.25, 0.3) is 11.1 Å². The summed E-state index contributed by atoms with van der Waals surface area (Å²) >= 11 is 0. The van der Waals surface area contributed by atoms with E-state index >= 15 is 0 Å². The molecule has 0 aromatic rings. The molecule has 0 heterocycles. The van der Waals surface area contributed by atoms with Gasteiger partial charge >= 0.3 is 0 Å². The molecule has 0 radical (unpaired) electrons. The predicted octanol–water partition coefficient (Wildman–Crippen LogP) is 4.33. The number of rotatable bonds is 6. The lowest BCUT2D eigenvalue weighted by Gasteiger charge is -2.07. The van der Waals surface area contributed by atoms with E-state index < -0.39 is 0 Å². The Balaban J connectivity index is 2.22. The van der Waals surface area contributed by atoms with E-state index in [1.54, 1.807) is 0 Å². The Labute approximate surface area is 115 Å². The highest BCUT2D eigenvalue weighted by Crippen LogP contribution is 2.33. The molecule has 2 rings (SSSR count). The molecule has 2 heteroatoms. The van der Waals surface area contributed by atoms with Crippen LogP contribution in [0.4, 0.5) is 0 Å². The van der Waals surface area contributed by atoms with E-state index in [-0.39, 0.29) is 0 Å². The van der Waals surface area contributed by atoms with E-state index in [1.807, 2.05) is 6.92 Å². The Morgan fingerprint density at radius 1 is 1.05 bits per heavy atom. The largest absolute Gasteiger partial charge is 0.491 e. The average molecular weight is 258 g/mol. The van der Waals surface area contributed by atoms with Crippen LogP contribution < -0.4 is 4.74 Å². The molecule has 2 nitrogen and oxygen atoms in total. The normalized spacial score (nSPS) is 11.2. The first-order valence-corrected chi connectivity index (χ1v) is 6.95. The van der Waals surface area contributed by atoms with Gasteiger partial charge in [0.1, 0.15) is 12.4 Å². The molecule has 0 unspecified atom stereocenters. The molecular formula is C17H22O2. The lowest BCUT2D eigenvalue weighted by Crippen LogP contribution is -2.06. The van der Waals surface area contributed by atoms with Crippen LogP contribution in [0.1, 0.15) is 32.3 Å². The molecule has 0 fully saturated rings. The molecule has 102 valence electrons. The molecule has 19 heavy (non-hydrogen) atoms. The highest BCUT2D eigenvalue weighted by Gasteiger charge is 2.10. The van der Waals surface area contributed by atoms with Crippen LogP contribution in [-0.2, 0) is 4.74 Å². The summed E-state index contributed by atoms with van der Waals surface area (Å²) in [6, 6.07) is 12.8. The second kappa shape index (κ2) is 6.58. The standard InChI is InChI=1S/C17H22O2/c1-4-18-10-11-19-17-9-8-14(13(2)3)12-15-6-5-7-16(15)17/h5-9,12-13H,4,10-11H2,1-3H3. The van der Waals surface area contributed by atoms with Crippen molar-refractivity contribution < 1.29 is 9.47 Å². The quantitative estimate of drug-likeness (QED) is 0.718. The van der Waals surface area contributed by atoms with Gasteiger partial charge in [-0.1, -0.05) is 44.2 Å². The number of ether oxygens (including phenoxy) is 2. The van der Waals surface area contributed by atoms with Crippen molar-refractivity contribution in [3.05, 3.63) is 42.0 Å². The summed E-state index contributed by atoms with van der Waals surface area (Å²) in [5, 5.41) is 0. The number of fused-ring (bicyclic) bond motifs is 1. The summed E-state index contributed by atoms with van der Waals surface area (Å²) < 4.78 is 11.2. The van der Waals surface area contributed by atoms with Crippen molar-refractivity contribution in [2.24, 2.45) is 0 Å². The molecule has 2 aliphatic carbocycles.